The maximum atomic E-state index is 12.6. The third-order valence-electron chi connectivity index (χ3n) is 8.00. The van der Waals surface area contributed by atoms with Gasteiger partial charge in [-0.2, -0.15) is 13.2 Å². The Labute approximate surface area is 206 Å². The predicted octanol–water partition coefficient (Wildman–Crippen LogP) is 7.07. The van der Waals surface area contributed by atoms with Crippen LogP contribution in [-0.4, -0.2) is 60.2 Å². The van der Waals surface area contributed by atoms with Gasteiger partial charge in [-0.05, 0) is 86.2 Å². The second kappa shape index (κ2) is 10.8. The fourth-order valence-corrected chi connectivity index (χ4v) is 6.00. The predicted molar refractivity (Wildman–Crippen MR) is 137 cm³/mol. The summed E-state index contributed by atoms with van der Waals surface area (Å²) >= 11 is 0. The maximum Gasteiger partial charge on any atom is 0.401 e. The molecule has 3 nitrogen and oxygen atoms in total. The molecule has 0 amide bonds. The van der Waals surface area contributed by atoms with Crippen LogP contribution in [0, 0.1) is 5.92 Å². The quantitative estimate of drug-likeness (QED) is 0.388. The zero-order valence-electron chi connectivity index (χ0n) is 20.4. The van der Waals surface area contributed by atoms with Crippen LogP contribution in [0.2, 0.25) is 0 Å². The Morgan fingerprint density at radius 2 is 1.57 bits per heavy atom. The van der Waals surface area contributed by atoms with E-state index >= 15 is 0 Å². The van der Waals surface area contributed by atoms with Gasteiger partial charge in [0, 0.05) is 42.8 Å². The molecule has 188 valence electrons. The summed E-state index contributed by atoms with van der Waals surface area (Å²) in [4.78, 5) is 7.43. The highest BCUT2D eigenvalue weighted by atomic mass is 19.4. The van der Waals surface area contributed by atoms with Crippen LogP contribution >= 0.6 is 0 Å². The summed E-state index contributed by atoms with van der Waals surface area (Å²) in [5.74, 6) is 1.42. The van der Waals surface area contributed by atoms with Crippen molar-refractivity contribution < 1.29 is 13.2 Å². The number of nitrogens with one attached hydrogen (secondary N) is 1. The molecule has 1 saturated carbocycles. The Balaban J connectivity index is 1.06. The number of nitrogens with zero attached hydrogens (tertiary/aromatic N) is 2. The molecule has 2 aromatic carbocycles. The number of H-pyrrole nitrogens is 1. The second-order valence-electron chi connectivity index (χ2n) is 10.5. The first-order valence-electron chi connectivity index (χ1n) is 13.1. The number of aromatic nitrogens is 1. The Kier molecular flexibility index (Phi) is 7.49. The van der Waals surface area contributed by atoms with Crippen molar-refractivity contribution in [2.24, 2.45) is 5.92 Å². The summed E-state index contributed by atoms with van der Waals surface area (Å²) in [6, 6.07) is 19.7. The highest BCUT2D eigenvalue weighted by Crippen LogP contribution is 2.38. The third kappa shape index (κ3) is 6.47. The summed E-state index contributed by atoms with van der Waals surface area (Å²) in [6.45, 7) is 2.83. The zero-order chi connectivity index (χ0) is 24.3. The van der Waals surface area contributed by atoms with Crippen molar-refractivity contribution in [3.63, 3.8) is 0 Å². The average molecular weight is 484 g/mol. The van der Waals surface area contributed by atoms with Gasteiger partial charge in [0.05, 0.1) is 6.54 Å². The van der Waals surface area contributed by atoms with E-state index < -0.39 is 12.7 Å². The first kappa shape index (κ1) is 24.4. The van der Waals surface area contributed by atoms with Gasteiger partial charge in [0.1, 0.15) is 0 Å². The van der Waals surface area contributed by atoms with Gasteiger partial charge in [0.15, 0.2) is 0 Å². The molecule has 0 unspecified atom stereocenters. The molecule has 1 aliphatic carbocycles. The van der Waals surface area contributed by atoms with Gasteiger partial charge >= 0.3 is 6.18 Å². The maximum absolute atomic E-state index is 12.6. The number of halogens is 3. The molecule has 1 saturated heterocycles. The van der Waals surface area contributed by atoms with Crippen LogP contribution in [0.1, 0.15) is 50.0 Å². The van der Waals surface area contributed by atoms with E-state index in [2.05, 4.69) is 64.5 Å². The average Bonchev–Trinajstić information content (AvgIpc) is 3.29. The summed E-state index contributed by atoms with van der Waals surface area (Å²) in [7, 11) is 0. The first-order chi connectivity index (χ1) is 16.9. The van der Waals surface area contributed by atoms with E-state index in [1.807, 2.05) is 0 Å². The van der Waals surface area contributed by atoms with Crippen molar-refractivity contribution in [1.29, 1.82) is 0 Å². The molecule has 1 aliphatic heterocycles. The molecule has 0 bridgehead atoms. The van der Waals surface area contributed by atoms with Crippen LogP contribution in [0.25, 0.3) is 22.2 Å². The number of aromatic amines is 1. The van der Waals surface area contributed by atoms with E-state index in [9.17, 15) is 13.2 Å². The van der Waals surface area contributed by atoms with E-state index in [0.717, 1.165) is 32.0 Å². The van der Waals surface area contributed by atoms with E-state index in [4.69, 9.17) is 0 Å². The lowest BCUT2D eigenvalue weighted by Gasteiger charge is -2.35. The van der Waals surface area contributed by atoms with Crippen LogP contribution in [0.3, 0.4) is 0 Å². The number of benzene rings is 2. The Hall–Kier alpha value is -2.31. The third-order valence-corrected chi connectivity index (χ3v) is 8.00. The summed E-state index contributed by atoms with van der Waals surface area (Å²) in [6.07, 6.45) is 3.36. The number of rotatable bonds is 7. The van der Waals surface area contributed by atoms with Gasteiger partial charge in [-0.3, -0.25) is 4.90 Å². The Morgan fingerprint density at radius 1 is 0.829 bits per heavy atom. The molecule has 2 fully saturated rings. The highest BCUT2D eigenvalue weighted by molar-refractivity contribution is 5.85. The van der Waals surface area contributed by atoms with E-state index in [-0.39, 0.29) is 0 Å². The SMILES string of the molecule is FC(F)(F)CN1CCN(CCCC2CCC(c3cccc(-c4cc5ccccc5[nH]4)c3)CC2)CC1. The normalized spacial score (nSPS) is 22.6. The molecule has 0 atom stereocenters. The molecule has 0 radical (unpaired) electrons. The van der Waals surface area contributed by atoms with Crippen molar-refractivity contribution in [1.82, 2.24) is 14.8 Å². The molecular formula is C29H36F3N3. The van der Waals surface area contributed by atoms with Crippen molar-refractivity contribution in [3.05, 3.63) is 60.2 Å². The number of para-hydroxylation sites is 1. The topological polar surface area (TPSA) is 22.3 Å². The van der Waals surface area contributed by atoms with Crippen LogP contribution in [0.15, 0.2) is 54.6 Å². The molecule has 1 N–H and O–H groups in total. The molecule has 5 rings (SSSR count). The van der Waals surface area contributed by atoms with E-state index in [0.29, 0.717) is 19.0 Å². The molecule has 35 heavy (non-hydrogen) atoms. The minimum Gasteiger partial charge on any atom is -0.355 e. The number of fused-ring (bicyclic) bond motifs is 1. The van der Waals surface area contributed by atoms with Gasteiger partial charge in [-0.25, -0.2) is 0 Å². The fourth-order valence-electron chi connectivity index (χ4n) is 6.00. The van der Waals surface area contributed by atoms with E-state index in [1.54, 1.807) is 0 Å². The standard InChI is InChI=1S/C29H36F3N3/c30-29(31,32)21-35-17-15-34(16-18-35)14-4-5-22-10-12-23(13-11-22)24-7-3-8-25(19-24)28-20-26-6-1-2-9-27(26)33-28/h1-3,6-9,19-20,22-23,33H,4-5,10-18,21H2. The second-order valence-corrected chi connectivity index (χ2v) is 10.5. The summed E-state index contributed by atoms with van der Waals surface area (Å²) in [5, 5.41) is 1.25. The van der Waals surface area contributed by atoms with Crippen LogP contribution in [-0.2, 0) is 0 Å². The van der Waals surface area contributed by atoms with Crippen molar-refractivity contribution in [2.75, 3.05) is 39.3 Å². The lowest BCUT2D eigenvalue weighted by Crippen LogP contribution is -2.49. The van der Waals surface area contributed by atoms with Gasteiger partial charge in [0.25, 0.3) is 0 Å². The lowest BCUT2D eigenvalue weighted by atomic mass is 9.77. The van der Waals surface area contributed by atoms with Crippen LogP contribution < -0.4 is 0 Å². The lowest BCUT2D eigenvalue weighted by molar-refractivity contribution is -0.149. The number of piperazine rings is 1. The molecule has 3 aromatic rings. The van der Waals surface area contributed by atoms with Gasteiger partial charge < -0.3 is 9.88 Å². The van der Waals surface area contributed by atoms with Crippen LogP contribution in [0.5, 0.6) is 0 Å². The fraction of sp³-hybridized carbons (Fsp3) is 0.517. The van der Waals surface area contributed by atoms with Gasteiger partial charge in [-0.1, -0.05) is 36.4 Å². The minimum absolute atomic E-state index is 0.530. The van der Waals surface area contributed by atoms with E-state index in [1.165, 1.54) is 64.7 Å². The molecule has 2 aliphatic rings. The number of hydrogen-bond donors (Lipinski definition) is 1. The molecule has 0 spiro atoms. The summed E-state index contributed by atoms with van der Waals surface area (Å²) in [5.41, 5.74) is 5.07. The largest absolute Gasteiger partial charge is 0.401 e. The van der Waals surface area contributed by atoms with Crippen molar-refractivity contribution in [2.45, 2.75) is 50.6 Å². The highest BCUT2D eigenvalue weighted by Gasteiger charge is 2.32. The summed E-state index contributed by atoms with van der Waals surface area (Å²) < 4.78 is 37.7. The first-order valence-corrected chi connectivity index (χ1v) is 13.1. The van der Waals surface area contributed by atoms with Crippen molar-refractivity contribution >= 4 is 10.9 Å². The molecule has 2 heterocycles. The minimum atomic E-state index is -4.08. The monoisotopic (exact) mass is 483 g/mol. The van der Waals surface area contributed by atoms with Gasteiger partial charge in [0.2, 0.25) is 0 Å². The Morgan fingerprint density at radius 3 is 2.31 bits per heavy atom. The molecule has 6 heteroatoms. The van der Waals surface area contributed by atoms with Crippen molar-refractivity contribution in [3.8, 4) is 11.3 Å². The number of hydrogen-bond acceptors (Lipinski definition) is 2. The molecular weight excluding hydrogens is 447 g/mol. The smallest absolute Gasteiger partial charge is 0.355 e. The van der Waals surface area contributed by atoms with Crippen LogP contribution in [0.4, 0.5) is 13.2 Å². The zero-order valence-corrected chi connectivity index (χ0v) is 20.4. The Bertz CT molecular complexity index is 1060. The molecule has 1 aromatic heterocycles. The number of alkyl halides is 3. The van der Waals surface area contributed by atoms with Gasteiger partial charge in [-0.15, -0.1) is 0 Å².